The molecule has 234 valence electrons. The minimum Gasteiger partial charge on any atom is -0.459 e. The van der Waals surface area contributed by atoms with Crippen molar-refractivity contribution in [1.29, 1.82) is 0 Å². The van der Waals surface area contributed by atoms with Gasteiger partial charge in [0.25, 0.3) is 0 Å². The number of esters is 3. The van der Waals surface area contributed by atoms with Gasteiger partial charge in [-0.15, -0.1) is 0 Å². The maximum atomic E-state index is 13.5. The first-order valence-corrected chi connectivity index (χ1v) is 18.3. The Morgan fingerprint density at radius 2 is 1.27 bits per heavy atom. The molecule has 10 heteroatoms. The highest BCUT2D eigenvalue weighted by molar-refractivity contribution is 7.99. The predicted molar refractivity (Wildman–Crippen MR) is 171 cm³/mol. The van der Waals surface area contributed by atoms with Crippen LogP contribution in [0.3, 0.4) is 0 Å². The Kier molecular flexibility index (Phi) is 11.1. The molecule has 0 radical (unpaired) electrons. The summed E-state index contributed by atoms with van der Waals surface area (Å²) in [7, 11) is -2.56. The SMILES string of the molecule is CC(=O)O[C@@H]1[C@H](O[Si](C)(C)C(C)(C)C)[C@@H](OC(=O)c2ccccc2)[C@H](Sc2ccccc2)O[C@@H]1COC(=O)c1ccccc1. The molecule has 1 heterocycles. The first-order valence-electron chi connectivity index (χ1n) is 14.6. The molecule has 4 rings (SSSR count). The maximum Gasteiger partial charge on any atom is 0.338 e. The second-order valence-electron chi connectivity index (χ2n) is 12.1. The van der Waals surface area contributed by atoms with Crippen LogP contribution in [0.5, 0.6) is 0 Å². The zero-order chi connectivity index (χ0) is 31.9. The van der Waals surface area contributed by atoms with Gasteiger partial charge in [0, 0.05) is 11.8 Å². The van der Waals surface area contributed by atoms with Gasteiger partial charge in [-0.05, 0) is 54.5 Å². The van der Waals surface area contributed by atoms with Crippen LogP contribution in [0.1, 0.15) is 48.4 Å². The van der Waals surface area contributed by atoms with Crippen LogP contribution in [0.15, 0.2) is 95.9 Å². The lowest BCUT2D eigenvalue weighted by Crippen LogP contribution is -2.64. The number of benzene rings is 3. The second kappa shape index (κ2) is 14.6. The van der Waals surface area contributed by atoms with Gasteiger partial charge in [0.15, 0.2) is 20.5 Å². The lowest BCUT2D eigenvalue weighted by atomic mass is 9.99. The van der Waals surface area contributed by atoms with E-state index < -0.39 is 56.1 Å². The molecule has 3 aromatic carbocycles. The number of thioether (sulfide) groups is 1. The van der Waals surface area contributed by atoms with Crippen LogP contribution in [-0.2, 0) is 28.2 Å². The summed E-state index contributed by atoms with van der Waals surface area (Å²) in [6.07, 6.45) is -3.84. The Balaban J connectivity index is 1.75. The van der Waals surface area contributed by atoms with Crippen molar-refractivity contribution < 1.29 is 37.8 Å². The van der Waals surface area contributed by atoms with Crippen LogP contribution in [0.4, 0.5) is 0 Å². The molecule has 1 fully saturated rings. The Morgan fingerprint density at radius 3 is 1.80 bits per heavy atom. The fraction of sp³-hybridized carbons (Fsp3) is 0.382. The van der Waals surface area contributed by atoms with Gasteiger partial charge in [-0.2, -0.15) is 0 Å². The van der Waals surface area contributed by atoms with Gasteiger partial charge >= 0.3 is 17.9 Å². The summed E-state index contributed by atoms with van der Waals surface area (Å²) >= 11 is 1.36. The van der Waals surface area contributed by atoms with E-state index in [1.165, 1.54) is 18.7 Å². The largest absolute Gasteiger partial charge is 0.459 e. The van der Waals surface area contributed by atoms with Crippen LogP contribution < -0.4 is 0 Å². The molecule has 5 atom stereocenters. The zero-order valence-electron chi connectivity index (χ0n) is 25.9. The summed E-state index contributed by atoms with van der Waals surface area (Å²) in [5, 5.41) is -0.225. The average molecular weight is 637 g/mol. The molecule has 0 aromatic heterocycles. The van der Waals surface area contributed by atoms with Crippen molar-refractivity contribution in [3.05, 3.63) is 102 Å². The molecule has 0 unspecified atom stereocenters. The van der Waals surface area contributed by atoms with Crippen molar-refractivity contribution in [3.63, 3.8) is 0 Å². The minimum absolute atomic E-state index is 0.214. The van der Waals surface area contributed by atoms with Crippen molar-refractivity contribution in [2.45, 2.75) is 80.6 Å². The van der Waals surface area contributed by atoms with Crippen LogP contribution in [0.25, 0.3) is 0 Å². The van der Waals surface area contributed by atoms with Gasteiger partial charge in [-0.3, -0.25) is 4.79 Å². The van der Waals surface area contributed by atoms with E-state index in [1.54, 1.807) is 48.5 Å². The van der Waals surface area contributed by atoms with Crippen molar-refractivity contribution in [1.82, 2.24) is 0 Å². The fourth-order valence-corrected chi connectivity index (χ4v) is 6.86. The average Bonchev–Trinajstić information content (AvgIpc) is 2.99. The number of carbonyl (C=O) groups is 3. The van der Waals surface area contributed by atoms with Crippen molar-refractivity contribution in [3.8, 4) is 0 Å². The third-order valence-corrected chi connectivity index (χ3v) is 13.4. The molecule has 1 saturated heterocycles. The molecule has 0 aliphatic carbocycles. The molecule has 1 aliphatic heterocycles. The molecule has 8 nitrogen and oxygen atoms in total. The molecule has 0 N–H and O–H groups in total. The Hall–Kier alpha value is -3.44. The molecular formula is C34H40O8SSi. The minimum atomic E-state index is -2.56. The Morgan fingerprint density at radius 1 is 0.750 bits per heavy atom. The highest BCUT2D eigenvalue weighted by Gasteiger charge is 2.54. The van der Waals surface area contributed by atoms with E-state index in [4.69, 9.17) is 23.4 Å². The van der Waals surface area contributed by atoms with E-state index >= 15 is 0 Å². The van der Waals surface area contributed by atoms with E-state index in [0.29, 0.717) is 11.1 Å². The van der Waals surface area contributed by atoms with Crippen molar-refractivity contribution in [2.75, 3.05) is 6.61 Å². The third-order valence-electron chi connectivity index (χ3n) is 7.77. The van der Waals surface area contributed by atoms with E-state index in [1.807, 2.05) is 42.5 Å². The summed E-state index contributed by atoms with van der Waals surface area (Å²) < 4.78 is 31.2. The summed E-state index contributed by atoms with van der Waals surface area (Å²) in [6.45, 7) is 11.5. The van der Waals surface area contributed by atoms with Crippen molar-refractivity contribution >= 4 is 38.0 Å². The van der Waals surface area contributed by atoms with Gasteiger partial charge in [0.05, 0.1) is 11.1 Å². The molecule has 0 amide bonds. The lowest BCUT2D eigenvalue weighted by molar-refractivity contribution is -0.216. The summed E-state index contributed by atoms with van der Waals surface area (Å²) in [5.41, 5.74) is -0.0386. The van der Waals surface area contributed by atoms with Gasteiger partial charge < -0.3 is 23.4 Å². The van der Waals surface area contributed by atoms with Gasteiger partial charge in [0.2, 0.25) is 0 Å². The van der Waals surface area contributed by atoms with Crippen LogP contribution in [0, 0.1) is 0 Å². The van der Waals surface area contributed by atoms with Crippen molar-refractivity contribution in [2.24, 2.45) is 0 Å². The smallest absolute Gasteiger partial charge is 0.338 e. The number of hydrogen-bond donors (Lipinski definition) is 0. The number of ether oxygens (including phenoxy) is 4. The highest BCUT2D eigenvalue weighted by Crippen LogP contribution is 2.43. The number of rotatable bonds is 10. The summed E-state index contributed by atoms with van der Waals surface area (Å²) in [6, 6.07) is 26.9. The summed E-state index contributed by atoms with van der Waals surface area (Å²) in [4.78, 5) is 39.8. The van der Waals surface area contributed by atoms with Crippen LogP contribution in [0.2, 0.25) is 18.1 Å². The first-order chi connectivity index (χ1) is 20.9. The molecule has 0 saturated carbocycles. The van der Waals surface area contributed by atoms with Gasteiger partial charge in [0.1, 0.15) is 24.3 Å². The first kappa shape index (κ1) is 33.4. The highest BCUT2D eigenvalue weighted by atomic mass is 32.2. The van der Waals surface area contributed by atoms with Crippen LogP contribution in [-0.4, -0.2) is 62.7 Å². The topological polar surface area (TPSA) is 97.4 Å². The third kappa shape index (κ3) is 8.59. The second-order valence-corrected chi connectivity index (χ2v) is 18.0. The molecule has 44 heavy (non-hydrogen) atoms. The van der Waals surface area contributed by atoms with Gasteiger partial charge in [-0.25, -0.2) is 9.59 Å². The molecule has 1 aliphatic rings. The molecular weight excluding hydrogens is 597 g/mol. The summed E-state index contributed by atoms with van der Waals surface area (Å²) in [5.74, 6) is -1.66. The maximum absolute atomic E-state index is 13.5. The molecule has 0 bridgehead atoms. The molecule has 0 spiro atoms. The van der Waals surface area contributed by atoms with E-state index in [0.717, 1.165) is 4.90 Å². The Bertz CT molecular complexity index is 1400. The van der Waals surface area contributed by atoms with E-state index in [-0.39, 0.29) is 11.6 Å². The van der Waals surface area contributed by atoms with Gasteiger partial charge in [-0.1, -0.05) is 87.1 Å². The standard InChI is InChI=1S/C34H40O8SSi/c1-23(35)39-28-27(22-38-31(36)24-16-10-7-11-17-24)40-33(43-26-20-14-9-15-21-26)30(29(28)42-44(5,6)34(2,3)4)41-32(37)25-18-12-8-13-19-25/h7-21,27-30,33H,22H2,1-6H3/t27-,28+,29+,30-,33+/m1/s1. The molecule has 3 aromatic rings. The normalized spacial score (nSPS) is 22.1. The monoisotopic (exact) mass is 636 g/mol. The Labute approximate surface area is 264 Å². The quantitative estimate of drug-likeness (QED) is 0.134. The zero-order valence-corrected chi connectivity index (χ0v) is 27.7. The van der Waals surface area contributed by atoms with Crippen LogP contribution >= 0.6 is 11.8 Å². The lowest BCUT2D eigenvalue weighted by Gasteiger charge is -2.49. The fourth-order valence-electron chi connectivity index (χ4n) is 4.43. The number of carbonyl (C=O) groups excluding carboxylic acids is 3. The predicted octanol–water partition coefficient (Wildman–Crippen LogP) is 6.91. The van der Waals surface area contributed by atoms with E-state index in [2.05, 4.69) is 33.9 Å². The number of hydrogen-bond acceptors (Lipinski definition) is 9. The van der Waals surface area contributed by atoms with E-state index in [9.17, 15) is 14.4 Å².